The van der Waals surface area contributed by atoms with Gasteiger partial charge in [-0.05, 0) is 24.3 Å². The lowest BCUT2D eigenvalue weighted by Crippen LogP contribution is -1.93. The molecule has 8 heteroatoms. The lowest BCUT2D eigenvalue weighted by atomic mass is 10.2. The molecule has 0 radical (unpaired) electrons. The maximum absolute atomic E-state index is 5.80. The number of pyridine rings is 1. The third-order valence-corrected chi connectivity index (χ3v) is 3.83. The smallest absolute Gasteiger partial charge is 0.251 e. The van der Waals surface area contributed by atoms with Crippen LogP contribution in [0.5, 0.6) is 11.5 Å². The highest BCUT2D eigenvalue weighted by Crippen LogP contribution is 2.33. The molecule has 1 aromatic carbocycles. The van der Waals surface area contributed by atoms with Gasteiger partial charge < -0.3 is 13.9 Å². The van der Waals surface area contributed by atoms with Crippen LogP contribution in [-0.4, -0.2) is 39.0 Å². The lowest BCUT2D eigenvalue weighted by Gasteiger charge is -2.07. The molecule has 0 saturated carbocycles. The molecular weight excluding hydrogens is 334 g/mol. The van der Waals surface area contributed by atoms with Crippen molar-refractivity contribution in [2.45, 2.75) is 0 Å². The van der Waals surface area contributed by atoms with Gasteiger partial charge in [0.2, 0.25) is 5.89 Å². The summed E-state index contributed by atoms with van der Waals surface area (Å²) in [7, 11) is 3.17. The van der Waals surface area contributed by atoms with E-state index >= 15 is 0 Å². The molecule has 8 nitrogen and oxygen atoms in total. The Morgan fingerprint density at radius 2 is 1.88 bits per heavy atom. The second-order valence-electron chi connectivity index (χ2n) is 5.35. The maximum Gasteiger partial charge on any atom is 0.251 e. The number of methoxy groups -OCH3 is 2. The van der Waals surface area contributed by atoms with Crippen molar-refractivity contribution in [2.75, 3.05) is 14.2 Å². The van der Waals surface area contributed by atoms with E-state index < -0.39 is 0 Å². The van der Waals surface area contributed by atoms with Crippen molar-refractivity contribution in [1.29, 1.82) is 0 Å². The van der Waals surface area contributed by atoms with Crippen LogP contribution >= 0.6 is 0 Å². The molecule has 0 fully saturated rings. The van der Waals surface area contributed by atoms with E-state index in [1.807, 2.05) is 35.0 Å². The van der Waals surface area contributed by atoms with Crippen molar-refractivity contribution in [3.05, 3.63) is 55.2 Å². The highest BCUT2D eigenvalue weighted by molar-refractivity contribution is 5.65. The van der Waals surface area contributed by atoms with E-state index in [1.165, 1.54) is 0 Å². The van der Waals surface area contributed by atoms with Gasteiger partial charge in [0.15, 0.2) is 0 Å². The Bertz CT molecular complexity index is 1010. The fourth-order valence-corrected chi connectivity index (χ4v) is 2.48. The van der Waals surface area contributed by atoms with Gasteiger partial charge in [-0.3, -0.25) is 4.57 Å². The zero-order chi connectivity index (χ0) is 17.9. The topological polar surface area (TPSA) is 88.1 Å². The lowest BCUT2D eigenvalue weighted by molar-refractivity contribution is 0.394. The predicted octanol–water partition coefficient (Wildman–Crippen LogP) is 3.00. The summed E-state index contributed by atoms with van der Waals surface area (Å²) in [5, 5.41) is 8.23. The first kappa shape index (κ1) is 15.8. The molecule has 0 aliphatic carbocycles. The zero-order valence-electron chi connectivity index (χ0n) is 14.2. The second kappa shape index (κ2) is 6.67. The molecule has 130 valence electrons. The Hall–Kier alpha value is -3.68. The van der Waals surface area contributed by atoms with E-state index in [0.717, 1.165) is 11.4 Å². The molecule has 4 rings (SSSR count). The van der Waals surface area contributed by atoms with Gasteiger partial charge in [-0.1, -0.05) is 0 Å². The van der Waals surface area contributed by atoms with Crippen LogP contribution in [0.4, 0.5) is 0 Å². The minimum atomic E-state index is 0.359. The van der Waals surface area contributed by atoms with Gasteiger partial charge in [0.1, 0.15) is 23.6 Å². The van der Waals surface area contributed by atoms with Gasteiger partial charge in [-0.25, -0.2) is 9.97 Å². The Morgan fingerprint density at radius 1 is 1.00 bits per heavy atom. The standard InChI is InChI=1S/C18H15N5O3/c1-24-13-4-5-14(15(9-13)25-2)18-22-21-17(26-18)12-3-6-16(20-10-12)23-8-7-19-11-23/h3-11H,1-2H3. The molecule has 3 heterocycles. The maximum atomic E-state index is 5.80. The number of hydrogen-bond donors (Lipinski definition) is 0. The Labute approximate surface area is 149 Å². The van der Waals surface area contributed by atoms with Gasteiger partial charge in [-0.15, -0.1) is 10.2 Å². The molecule has 26 heavy (non-hydrogen) atoms. The van der Waals surface area contributed by atoms with Crippen LogP contribution in [-0.2, 0) is 0 Å². The van der Waals surface area contributed by atoms with Crippen molar-refractivity contribution in [3.8, 4) is 40.2 Å². The predicted molar refractivity (Wildman–Crippen MR) is 93.2 cm³/mol. The van der Waals surface area contributed by atoms with Crippen LogP contribution in [0.25, 0.3) is 28.7 Å². The van der Waals surface area contributed by atoms with Gasteiger partial charge in [-0.2, -0.15) is 0 Å². The van der Waals surface area contributed by atoms with E-state index in [4.69, 9.17) is 13.9 Å². The number of hydrogen-bond acceptors (Lipinski definition) is 7. The quantitative estimate of drug-likeness (QED) is 0.547. The number of nitrogens with zero attached hydrogens (tertiary/aromatic N) is 5. The largest absolute Gasteiger partial charge is 0.497 e. The molecule has 0 N–H and O–H groups in total. The van der Waals surface area contributed by atoms with Crippen molar-refractivity contribution in [1.82, 2.24) is 24.7 Å². The summed E-state index contributed by atoms with van der Waals surface area (Å²) in [5.74, 6) is 2.77. The van der Waals surface area contributed by atoms with Crippen LogP contribution in [0, 0.1) is 0 Å². The van der Waals surface area contributed by atoms with Crippen LogP contribution in [0.2, 0.25) is 0 Å². The summed E-state index contributed by atoms with van der Waals surface area (Å²) in [5.41, 5.74) is 1.41. The fourth-order valence-electron chi connectivity index (χ4n) is 2.48. The van der Waals surface area contributed by atoms with Crippen molar-refractivity contribution in [3.63, 3.8) is 0 Å². The average molecular weight is 349 g/mol. The van der Waals surface area contributed by atoms with Crippen molar-refractivity contribution in [2.24, 2.45) is 0 Å². The number of benzene rings is 1. The number of ether oxygens (including phenoxy) is 2. The Balaban J connectivity index is 1.64. The minimum Gasteiger partial charge on any atom is -0.497 e. The normalized spacial score (nSPS) is 10.7. The first-order chi connectivity index (χ1) is 12.8. The van der Waals surface area contributed by atoms with Gasteiger partial charge in [0, 0.05) is 24.7 Å². The summed E-state index contributed by atoms with van der Waals surface area (Å²) in [4.78, 5) is 8.40. The summed E-state index contributed by atoms with van der Waals surface area (Å²) in [6.45, 7) is 0. The monoisotopic (exact) mass is 349 g/mol. The van der Waals surface area contributed by atoms with E-state index in [0.29, 0.717) is 28.8 Å². The molecule has 0 aliphatic heterocycles. The summed E-state index contributed by atoms with van der Waals surface area (Å²) >= 11 is 0. The molecule has 0 spiro atoms. The van der Waals surface area contributed by atoms with Crippen LogP contribution < -0.4 is 9.47 Å². The number of imidazole rings is 1. The van der Waals surface area contributed by atoms with Crippen LogP contribution in [0.1, 0.15) is 0 Å². The van der Waals surface area contributed by atoms with Crippen LogP contribution in [0.15, 0.2) is 59.7 Å². The summed E-state index contributed by atoms with van der Waals surface area (Å²) < 4.78 is 18.2. The molecule has 0 unspecified atom stereocenters. The van der Waals surface area contributed by atoms with Gasteiger partial charge >= 0.3 is 0 Å². The molecule has 0 saturated heterocycles. The molecule has 0 amide bonds. The first-order valence-corrected chi connectivity index (χ1v) is 7.79. The Morgan fingerprint density at radius 3 is 2.58 bits per heavy atom. The van der Waals surface area contributed by atoms with E-state index in [1.54, 1.807) is 39.0 Å². The molecule has 0 atom stereocenters. The SMILES string of the molecule is COc1ccc(-c2nnc(-c3ccc(-n4ccnc4)nc3)o2)c(OC)c1. The summed E-state index contributed by atoms with van der Waals surface area (Å²) in [6.07, 6.45) is 6.88. The number of aromatic nitrogens is 5. The zero-order valence-corrected chi connectivity index (χ0v) is 14.2. The minimum absolute atomic E-state index is 0.359. The summed E-state index contributed by atoms with van der Waals surface area (Å²) in [6, 6.07) is 9.11. The van der Waals surface area contributed by atoms with Gasteiger partial charge in [0.25, 0.3) is 5.89 Å². The van der Waals surface area contributed by atoms with E-state index in [9.17, 15) is 0 Å². The second-order valence-corrected chi connectivity index (χ2v) is 5.35. The molecule has 0 aliphatic rings. The third-order valence-electron chi connectivity index (χ3n) is 3.83. The van der Waals surface area contributed by atoms with Gasteiger partial charge in [0.05, 0.1) is 25.3 Å². The van der Waals surface area contributed by atoms with E-state index in [-0.39, 0.29) is 0 Å². The highest BCUT2D eigenvalue weighted by atomic mass is 16.5. The average Bonchev–Trinajstić information content (AvgIpc) is 3.40. The van der Waals surface area contributed by atoms with Crippen molar-refractivity contribution < 1.29 is 13.9 Å². The molecule has 4 aromatic rings. The number of rotatable bonds is 5. The molecule has 0 bridgehead atoms. The first-order valence-electron chi connectivity index (χ1n) is 7.79. The molecular formula is C18H15N5O3. The fraction of sp³-hybridized carbons (Fsp3) is 0.111. The third kappa shape index (κ3) is 2.88. The molecule has 3 aromatic heterocycles. The van der Waals surface area contributed by atoms with Crippen LogP contribution in [0.3, 0.4) is 0 Å². The van der Waals surface area contributed by atoms with E-state index in [2.05, 4.69) is 20.2 Å². The Kier molecular flexibility index (Phi) is 4.06. The highest BCUT2D eigenvalue weighted by Gasteiger charge is 2.15. The van der Waals surface area contributed by atoms with Crippen molar-refractivity contribution >= 4 is 0 Å².